The predicted octanol–water partition coefficient (Wildman–Crippen LogP) is 4.19. The molecule has 2 aromatic carbocycles. The summed E-state index contributed by atoms with van der Waals surface area (Å²) in [5.74, 6) is 0.322. The SMILES string of the molecule is C[C@H](N)c1cc(F)ccc1OCc1ccc(Br)cc1. The van der Waals surface area contributed by atoms with Gasteiger partial charge >= 0.3 is 0 Å². The Bertz CT molecular complexity index is 555. The Morgan fingerprint density at radius 1 is 1.21 bits per heavy atom. The molecule has 0 aliphatic rings. The maximum absolute atomic E-state index is 13.2. The lowest BCUT2D eigenvalue weighted by atomic mass is 10.1. The first kappa shape index (κ1) is 14.0. The second-order valence-corrected chi connectivity index (χ2v) is 5.30. The van der Waals surface area contributed by atoms with E-state index in [0.29, 0.717) is 17.9 Å². The molecule has 0 spiro atoms. The minimum atomic E-state index is -0.303. The average Bonchev–Trinajstić information content (AvgIpc) is 2.39. The molecule has 0 amide bonds. The minimum Gasteiger partial charge on any atom is -0.489 e. The second kappa shape index (κ2) is 6.17. The van der Waals surface area contributed by atoms with Crippen LogP contribution in [0.1, 0.15) is 24.1 Å². The first-order chi connectivity index (χ1) is 9.06. The third kappa shape index (κ3) is 3.78. The summed E-state index contributed by atoms with van der Waals surface area (Å²) in [6.07, 6.45) is 0. The van der Waals surface area contributed by atoms with Crippen LogP contribution in [0.15, 0.2) is 46.9 Å². The quantitative estimate of drug-likeness (QED) is 0.915. The van der Waals surface area contributed by atoms with E-state index >= 15 is 0 Å². The fourth-order valence-electron chi connectivity index (χ4n) is 1.75. The van der Waals surface area contributed by atoms with E-state index < -0.39 is 0 Å². The molecule has 1 atom stereocenters. The maximum Gasteiger partial charge on any atom is 0.124 e. The van der Waals surface area contributed by atoms with E-state index in [9.17, 15) is 4.39 Å². The van der Waals surface area contributed by atoms with Crippen molar-refractivity contribution in [2.24, 2.45) is 5.73 Å². The topological polar surface area (TPSA) is 35.2 Å². The Morgan fingerprint density at radius 2 is 1.89 bits per heavy atom. The molecule has 0 aromatic heterocycles. The van der Waals surface area contributed by atoms with Gasteiger partial charge < -0.3 is 10.5 Å². The summed E-state index contributed by atoms with van der Waals surface area (Å²) in [6.45, 7) is 2.24. The third-order valence-electron chi connectivity index (χ3n) is 2.77. The van der Waals surface area contributed by atoms with Gasteiger partial charge in [-0.3, -0.25) is 0 Å². The van der Waals surface area contributed by atoms with Crippen LogP contribution in [0, 0.1) is 5.82 Å². The van der Waals surface area contributed by atoms with Gasteiger partial charge in [-0.05, 0) is 42.8 Å². The monoisotopic (exact) mass is 323 g/mol. The molecule has 4 heteroatoms. The van der Waals surface area contributed by atoms with Gasteiger partial charge in [0.25, 0.3) is 0 Å². The van der Waals surface area contributed by atoms with Crippen molar-refractivity contribution in [2.75, 3.05) is 0 Å². The van der Waals surface area contributed by atoms with Gasteiger partial charge in [-0.2, -0.15) is 0 Å². The fraction of sp³-hybridized carbons (Fsp3) is 0.200. The largest absolute Gasteiger partial charge is 0.489 e. The molecule has 0 fully saturated rings. The number of benzene rings is 2. The molecule has 19 heavy (non-hydrogen) atoms. The first-order valence-electron chi connectivity index (χ1n) is 5.98. The van der Waals surface area contributed by atoms with Crippen molar-refractivity contribution in [2.45, 2.75) is 19.6 Å². The zero-order chi connectivity index (χ0) is 13.8. The molecular weight excluding hydrogens is 309 g/mol. The van der Waals surface area contributed by atoms with Crippen LogP contribution in [0.25, 0.3) is 0 Å². The van der Waals surface area contributed by atoms with E-state index in [4.69, 9.17) is 10.5 Å². The second-order valence-electron chi connectivity index (χ2n) is 4.39. The van der Waals surface area contributed by atoms with E-state index in [2.05, 4.69) is 15.9 Å². The number of ether oxygens (including phenoxy) is 1. The number of nitrogens with two attached hydrogens (primary N) is 1. The van der Waals surface area contributed by atoms with E-state index in [-0.39, 0.29) is 11.9 Å². The highest BCUT2D eigenvalue weighted by molar-refractivity contribution is 9.10. The number of halogens is 2. The molecule has 0 radical (unpaired) electrons. The Morgan fingerprint density at radius 3 is 2.53 bits per heavy atom. The van der Waals surface area contributed by atoms with Gasteiger partial charge in [-0.25, -0.2) is 4.39 Å². The molecule has 100 valence electrons. The third-order valence-corrected chi connectivity index (χ3v) is 3.30. The van der Waals surface area contributed by atoms with Crippen LogP contribution in [0.4, 0.5) is 4.39 Å². The Balaban J connectivity index is 2.13. The smallest absolute Gasteiger partial charge is 0.124 e. The normalized spacial score (nSPS) is 12.2. The summed E-state index contributed by atoms with van der Waals surface area (Å²) in [5, 5.41) is 0. The Labute approximate surface area is 120 Å². The van der Waals surface area contributed by atoms with Crippen LogP contribution in [0.2, 0.25) is 0 Å². The molecular formula is C15H15BrFNO. The summed E-state index contributed by atoms with van der Waals surface area (Å²) >= 11 is 3.38. The number of hydrogen-bond acceptors (Lipinski definition) is 2. The molecule has 0 saturated heterocycles. The summed E-state index contributed by atoms with van der Waals surface area (Å²) in [6, 6.07) is 12.0. The molecule has 0 unspecified atom stereocenters. The van der Waals surface area contributed by atoms with Crippen molar-refractivity contribution in [1.82, 2.24) is 0 Å². The van der Waals surface area contributed by atoms with Gasteiger partial charge in [0.05, 0.1) is 0 Å². The van der Waals surface area contributed by atoms with Crippen molar-refractivity contribution >= 4 is 15.9 Å². The molecule has 0 heterocycles. The molecule has 2 aromatic rings. The molecule has 2 N–H and O–H groups in total. The lowest BCUT2D eigenvalue weighted by molar-refractivity contribution is 0.301. The average molecular weight is 324 g/mol. The van der Waals surface area contributed by atoms with Crippen LogP contribution in [-0.2, 0) is 6.61 Å². The highest BCUT2D eigenvalue weighted by Crippen LogP contribution is 2.25. The van der Waals surface area contributed by atoms with E-state index in [1.165, 1.54) is 12.1 Å². The molecule has 0 aliphatic heterocycles. The van der Waals surface area contributed by atoms with Crippen LogP contribution in [-0.4, -0.2) is 0 Å². The summed E-state index contributed by atoms with van der Waals surface area (Å²) in [5.41, 5.74) is 7.54. The number of hydrogen-bond donors (Lipinski definition) is 1. The van der Waals surface area contributed by atoms with Crippen LogP contribution in [0.3, 0.4) is 0 Å². The summed E-state index contributed by atoms with van der Waals surface area (Å²) < 4.78 is 19.9. The lowest BCUT2D eigenvalue weighted by Crippen LogP contribution is -2.08. The predicted molar refractivity (Wildman–Crippen MR) is 77.5 cm³/mol. The van der Waals surface area contributed by atoms with Crippen LogP contribution < -0.4 is 10.5 Å². The van der Waals surface area contributed by atoms with Crippen molar-refractivity contribution in [3.63, 3.8) is 0 Å². The van der Waals surface area contributed by atoms with Gasteiger partial charge in [0.2, 0.25) is 0 Å². The van der Waals surface area contributed by atoms with Crippen molar-refractivity contribution in [3.8, 4) is 5.75 Å². The Kier molecular flexibility index (Phi) is 4.56. The standard InChI is InChI=1S/C15H15BrFNO/c1-10(18)14-8-13(17)6-7-15(14)19-9-11-2-4-12(16)5-3-11/h2-8,10H,9,18H2,1H3/t10-/m0/s1. The van der Waals surface area contributed by atoms with Gasteiger partial charge in [0, 0.05) is 16.1 Å². The highest BCUT2D eigenvalue weighted by Gasteiger charge is 2.09. The van der Waals surface area contributed by atoms with Crippen molar-refractivity contribution < 1.29 is 9.13 Å². The highest BCUT2D eigenvalue weighted by atomic mass is 79.9. The van der Waals surface area contributed by atoms with Crippen LogP contribution in [0.5, 0.6) is 5.75 Å². The molecule has 0 aliphatic carbocycles. The Hall–Kier alpha value is -1.39. The molecule has 0 bridgehead atoms. The summed E-state index contributed by atoms with van der Waals surface area (Å²) in [4.78, 5) is 0. The maximum atomic E-state index is 13.2. The van der Waals surface area contributed by atoms with Gasteiger partial charge in [-0.1, -0.05) is 28.1 Å². The van der Waals surface area contributed by atoms with E-state index in [1.807, 2.05) is 24.3 Å². The number of rotatable bonds is 4. The zero-order valence-corrected chi connectivity index (χ0v) is 12.2. The summed E-state index contributed by atoms with van der Waals surface area (Å²) in [7, 11) is 0. The van der Waals surface area contributed by atoms with Crippen LogP contribution >= 0.6 is 15.9 Å². The fourth-order valence-corrected chi connectivity index (χ4v) is 2.01. The van der Waals surface area contributed by atoms with Gasteiger partial charge in [0.15, 0.2) is 0 Å². The molecule has 2 rings (SSSR count). The zero-order valence-electron chi connectivity index (χ0n) is 10.6. The lowest BCUT2D eigenvalue weighted by Gasteiger charge is -2.14. The minimum absolute atomic E-state index is 0.268. The van der Waals surface area contributed by atoms with Gasteiger partial charge in [0.1, 0.15) is 18.2 Å². The first-order valence-corrected chi connectivity index (χ1v) is 6.78. The molecule has 0 saturated carbocycles. The molecule has 2 nitrogen and oxygen atoms in total. The van der Waals surface area contributed by atoms with Crippen molar-refractivity contribution in [1.29, 1.82) is 0 Å². The van der Waals surface area contributed by atoms with Crippen molar-refractivity contribution in [3.05, 3.63) is 63.9 Å². The van der Waals surface area contributed by atoms with E-state index in [0.717, 1.165) is 10.0 Å². The van der Waals surface area contributed by atoms with E-state index in [1.54, 1.807) is 13.0 Å². The van der Waals surface area contributed by atoms with Gasteiger partial charge in [-0.15, -0.1) is 0 Å².